The third kappa shape index (κ3) is 4.07. The van der Waals surface area contributed by atoms with Gasteiger partial charge in [-0.2, -0.15) is 5.26 Å². The van der Waals surface area contributed by atoms with Gasteiger partial charge in [-0.05, 0) is 0 Å². The lowest BCUT2D eigenvalue weighted by Crippen LogP contribution is -2.10. The molecule has 0 fully saturated rings. The summed E-state index contributed by atoms with van der Waals surface area (Å²) in [6, 6.07) is 1.88. The summed E-state index contributed by atoms with van der Waals surface area (Å²) < 4.78 is 9.73. The van der Waals surface area contributed by atoms with Crippen molar-refractivity contribution in [2.24, 2.45) is 0 Å². The molecule has 0 atom stereocenters. The normalized spacial score (nSPS) is 10.6. The van der Waals surface area contributed by atoms with Crippen LogP contribution in [0.2, 0.25) is 0 Å². The zero-order valence-electron chi connectivity index (χ0n) is 6.20. The minimum atomic E-state index is -0.232. The summed E-state index contributed by atoms with van der Waals surface area (Å²) in [6.45, 7) is 0. The Hall–Kier alpha value is -0.850. The molecule has 0 aromatic carbocycles. The highest BCUT2D eigenvalue weighted by molar-refractivity contribution is 5.01. The van der Waals surface area contributed by atoms with Crippen LogP contribution in [-0.2, 0) is 9.47 Å². The minimum absolute atomic E-state index is 0.232. The monoisotopic (exact) mass is 141 g/mol. The smallest absolute Gasteiger partial charge is 0.160 e. The van der Waals surface area contributed by atoms with Gasteiger partial charge in [0.15, 0.2) is 6.29 Å². The number of nitriles is 1. The predicted octanol–water partition coefficient (Wildman–Crippen LogP) is 1.08. The van der Waals surface area contributed by atoms with Crippen LogP contribution in [-0.4, -0.2) is 20.5 Å². The van der Waals surface area contributed by atoms with E-state index in [-0.39, 0.29) is 6.29 Å². The molecule has 0 unspecified atom stereocenters. The van der Waals surface area contributed by atoms with Crippen molar-refractivity contribution in [2.75, 3.05) is 14.2 Å². The first-order chi connectivity index (χ1) is 4.85. The van der Waals surface area contributed by atoms with E-state index in [1.165, 1.54) is 6.08 Å². The van der Waals surface area contributed by atoms with E-state index in [0.29, 0.717) is 6.42 Å². The molecule has 10 heavy (non-hydrogen) atoms. The molecule has 0 aromatic rings. The lowest BCUT2D eigenvalue weighted by molar-refractivity contribution is -0.0986. The van der Waals surface area contributed by atoms with E-state index in [4.69, 9.17) is 14.7 Å². The summed E-state index contributed by atoms with van der Waals surface area (Å²) in [5, 5.41) is 8.11. The first-order valence-electron chi connectivity index (χ1n) is 2.95. The summed E-state index contributed by atoms with van der Waals surface area (Å²) in [5.41, 5.74) is 0. The molecule has 0 spiro atoms. The Morgan fingerprint density at radius 1 is 1.50 bits per heavy atom. The molecule has 0 N–H and O–H groups in total. The summed E-state index contributed by atoms with van der Waals surface area (Å²) in [7, 11) is 3.13. The van der Waals surface area contributed by atoms with Crippen molar-refractivity contribution in [3.63, 3.8) is 0 Å². The number of methoxy groups -OCH3 is 2. The van der Waals surface area contributed by atoms with Crippen LogP contribution in [0.3, 0.4) is 0 Å². The fourth-order valence-corrected chi connectivity index (χ4v) is 0.521. The van der Waals surface area contributed by atoms with Crippen LogP contribution in [0.25, 0.3) is 0 Å². The Kier molecular flexibility index (Phi) is 5.74. The highest BCUT2D eigenvalue weighted by Gasteiger charge is 1.99. The second-order valence-corrected chi connectivity index (χ2v) is 1.67. The molecule has 0 bridgehead atoms. The van der Waals surface area contributed by atoms with Crippen molar-refractivity contribution in [1.29, 1.82) is 5.26 Å². The van der Waals surface area contributed by atoms with Crippen molar-refractivity contribution in [1.82, 2.24) is 0 Å². The van der Waals surface area contributed by atoms with Gasteiger partial charge in [-0.15, -0.1) is 0 Å². The SMILES string of the molecule is COC(CC=CC#N)OC. The lowest BCUT2D eigenvalue weighted by atomic mass is 10.4. The fraction of sp³-hybridized carbons (Fsp3) is 0.571. The molecule has 0 aliphatic carbocycles. The Labute approximate surface area is 60.9 Å². The molecule has 0 aromatic heterocycles. The van der Waals surface area contributed by atoms with Crippen LogP contribution < -0.4 is 0 Å². The summed E-state index contributed by atoms with van der Waals surface area (Å²) in [6.07, 6.45) is 3.49. The molecule has 3 heteroatoms. The van der Waals surface area contributed by atoms with Crippen molar-refractivity contribution in [3.8, 4) is 6.07 Å². The van der Waals surface area contributed by atoms with Crippen LogP contribution in [0.1, 0.15) is 6.42 Å². The Morgan fingerprint density at radius 2 is 2.10 bits per heavy atom. The van der Waals surface area contributed by atoms with Crippen LogP contribution >= 0.6 is 0 Å². The number of ether oxygens (including phenoxy) is 2. The third-order valence-electron chi connectivity index (χ3n) is 1.05. The van der Waals surface area contributed by atoms with Crippen molar-refractivity contribution >= 4 is 0 Å². The van der Waals surface area contributed by atoms with Gasteiger partial charge in [-0.1, -0.05) is 6.08 Å². The quantitative estimate of drug-likeness (QED) is 0.434. The average molecular weight is 141 g/mol. The van der Waals surface area contributed by atoms with Gasteiger partial charge in [0.2, 0.25) is 0 Å². The van der Waals surface area contributed by atoms with Gasteiger partial charge < -0.3 is 9.47 Å². The van der Waals surface area contributed by atoms with E-state index < -0.39 is 0 Å². The van der Waals surface area contributed by atoms with Gasteiger partial charge in [0, 0.05) is 26.7 Å². The fourth-order valence-electron chi connectivity index (χ4n) is 0.521. The van der Waals surface area contributed by atoms with E-state index >= 15 is 0 Å². The maximum absolute atomic E-state index is 8.11. The zero-order valence-corrected chi connectivity index (χ0v) is 6.20. The molecule has 0 amide bonds. The first kappa shape index (κ1) is 9.15. The first-order valence-corrected chi connectivity index (χ1v) is 2.95. The molecule has 0 heterocycles. The standard InChI is InChI=1S/C7H11NO2/c1-9-7(10-2)5-3-4-6-8/h3-4,7H,5H2,1-2H3. The summed E-state index contributed by atoms with van der Waals surface area (Å²) in [5.74, 6) is 0. The topological polar surface area (TPSA) is 42.2 Å². The second kappa shape index (κ2) is 6.27. The lowest BCUT2D eigenvalue weighted by Gasteiger charge is -2.09. The van der Waals surface area contributed by atoms with Crippen molar-refractivity contribution < 1.29 is 9.47 Å². The van der Waals surface area contributed by atoms with Crippen LogP contribution in [0.15, 0.2) is 12.2 Å². The molecule has 3 nitrogen and oxygen atoms in total. The molecular weight excluding hydrogens is 130 g/mol. The van der Waals surface area contributed by atoms with Gasteiger partial charge >= 0.3 is 0 Å². The van der Waals surface area contributed by atoms with Crippen molar-refractivity contribution in [2.45, 2.75) is 12.7 Å². The maximum atomic E-state index is 8.11. The molecule has 0 aliphatic heterocycles. The maximum Gasteiger partial charge on any atom is 0.160 e. The number of allylic oxidation sites excluding steroid dienone is 1. The van der Waals surface area contributed by atoms with E-state index in [9.17, 15) is 0 Å². The van der Waals surface area contributed by atoms with E-state index in [0.717, 1.165) is 0 Å². The minimum Gasteiger partial charge on any atom is -0.356 e. The van der Waals surface area contributed by atoms with Gasteiger partial charge in [-0.3, -0.25) is 0 Å². The molecule has 0 saturated carbocycles. The van der Waals surface area contributed by atoms with E-state index in [1.807, 2.05) is 6.07 Å². The highest BCUT2D eigenvalue weighted by atomic mass is 16.7. The van der Waals surface area contributed by atoms with E-state index in [1.54, 1.807) is 20.3 Å². The molecule has 0 rings (SSSR count). The van der Waals surface area contributed by atoms with Crippen LogP contribution in [0.4, 0.5) is 0 Å². The van der Waals surface area contributed by atoms with E-state index in [2.05, 4.69) is 0 Å². The van der Waals surface area contributed by atoms with Crippen LogP contribution in [0.5, 0.6) is 0 Å². The van der Waals surface area contributed by atoms with Gasteiger partial charge in [0.1, 0.15) is 0 Å². The Bertz CT molecular complexity index is 133. The molecule has 0 saturated heterocycles. The molecule has 0 aliphatic rings. The molecule has 0 radical (unpaired) electrons. The summed E-state index contributed by atoms with van der Waals surface area (Å²) in [4.78, 5) is 0. The van der Waals surface area contributed by atoms with Gasteiger partial charge in [0.25, 0.3) is 0 Å². The van der Waals surface area contributed by atoms with Gasteiger partial charge in [-0.25, -0.2) is 0 Å². The predicted molar refractivity (Wildman–Crippen MR) is 37.2 cm³/mol. The number of hydrogen-bond acceptors (Lipinski definition) is 3. The summed E-state index contributed by atoms with van der Waals surface area (Å²) >= 11 is 0. The Morgan fingerprint density at radius 3 is 2.50 bits per heavy atom. The Balaban J connectivity index is 3.46. The number of nitrogens with zero attached hydrogens (tertiary/aromatic N) is 1. The third-order valence-corrected chi connectivity index (χ3v) is 1.05. The van der Waals surface area contributed by atoms with Crippen molar-refractivity contribution in [3.05, 3.63) is 12.2 Å². The number of hydrogen-bond donors (Lipinski definition) is 0. The second-order valence-electron chi connectivity index (χ2n) is 1.67. The van der Waals surface area contributed by atoms with Crippen LogP contribution in [0, 0.1) is 11.3 Å². The zero-order chi connectivity index (χ0) is 7.82. The molecule has 56 valence electrons. The average Bonchev–Trinajstić information content (AvgIpc) is 1.99. The highest BCUT2D eigenvalue weighted by Crippen LogP contribution is 1.97. The van der Waals surface area contributed by atoms with Gasteiger partial charge in [0.05, 0.1) is 6.07 Å². The number of rotatable bonds is 4. The molecular formula is C7H11NO2. The largest absolute Gasteiger partial charge is 0.356 e.